The molecule has 2 aromatic heterocycles. The zero-order valence-corrected chi connectivity index (χ0v) is 21.5. The summed E-state index contributed by atoms with van der Waals surface area (Å²) in [6.07, 6.45) is 4.19. The number of pyridine rings is 2. The van der Waals surface area contributed by atoms with Crippen molar-refractivity contribution >= 4 is 79.8 Å². The second-order valence-electron chi connectivity index (χ2n) is 10.4. The summed E-state index contributed by atoms with van der Waals surface area (Å²) in [5, 5.41) is 3.49. The van der Waals surface area contributed by atoms with Crippen molar-refractivity contribution in [3.63, 3.8) is 0 Å². The molecule has 9 rings (SSSR count). The fourth-order valence-corrected chi connectivity index (χ4v) is 8.21. The Kier molecular flexibility index (Phi) is 3.81. The van der Waals surface area contributed by atoms with Gasteiger partial charge in [-0.05, 0) is 60.7 Å². The third kappa shape index (κ3) is 2.21. The van der Waals surface area contributed by atoms with Crippen molar-refractivity contribution in [2.75, 3.05) is 0 Å². The van der Waals surface area contributed by atoms with Gasteiger partial charge >= 0.3 is 13.0 Å². The van der Waals surface area contributed by atoms with Crippen molar-refractivity contribution in [1.82, 2.24) is 0 Å². The molecule has 0 saturated heterocycles. The quantitative estimate of drug-likeness (QED) is 0.282. The minimum atomic E-state index is -2.02. The van der Waals surface area contributed by atoms with Crippen LogP contribution in [0.1, 0.15) is 0 Å². The highest BCUT2D eigenvalue weighted by Gasteiger charge is 2.64. The number of halogens is 2. The standard InChI is InChI=1S/C30H18B2Cl2N2O2/c33-23-13-4-12-22-27(23)31(35-17-5-9-19-7-1-15-25(37-31)29(19)35)21-11-3-14-24(34)28(21)32(22)36-18-6-10-20-8-2-16-26(38-32)30(20)36/h1-18H/t31-,32+. The number of hydrogen-bond acceptors (Lipinski definition) is 2. The molecule has 8 heteroatoms. The Labute approximate surface area is 228 Å². The number of nitrogens with zero attached hydrogens (tertiary/aromatic N) is 2. The fraction of sp³-hybridized carbons (Fsp3) is 0. The van der Waals surface area contributed by atoms with Crippen LogP contribution in [-0.2, 0) is 0 Å². The molecule has 3 aliphatic heterocycles. The van der Waals surface area contributed by atoms with Crippen LogP contribution >= 0.6 is 23.2 Å². The molecule has 4 aromatic carbocycles. The molecule has 0 fully saturated rings. The first-order valence-corrected chi connectivity index (χ1v) is 13.5. The van der Waals surface area contributed by atoms with E-state index in [-0.39, 0.29) is 0 Å². The van der Waals surface area contributed by atoms with E-state index in [9.17, 15) is 0 Å². The Balaban J connectivity index is 1.50. The first kappa shape index (κ1) is 21.0. The van der Waals surface area contributed by atoms with Crippen molar-refractivity contribution < 1.29 is 18.3 Å². The van der Waals surface area contributed by atoms with Crippen LogP contribution in [0.2, 0.25) is 10.0 Å². The van der Waals surface area contributed by atoms with Gasteiger partial charge in [-0.1, -0.05) is 70.5 Å². The predicted molar refractivity (Wildman–Crippen MR) is 153 cm³/mol. The van der Waals surface area contributed by atoms with Crippen molar-refractivity contribution in [1.29, 1.82) is 0 Å². The summed E-state index contributed by atoms with van der Waals surface area (Å²) in [6, 6.07) is 32.9. The molecule has 0 aliphatic carbocycles. The van der Waals surface area contributed by atoms with Gasteiger partial charge in [-0.25, -0.2) is 0 Å². The Morgan fingerprint density at radius 1 is 0.500 bits per heavy atom. The van der Waals surface area contributed by atoms with Crippen LogP contribution in [-0.4, -0.2) is 13.0 Å². The molecule has 2 atom stereocenters. The number of aromatic nitrogens is 2. The third-order valence-corrected chi connectivity index (χ3v) is 9.46. The number of fused-ring (bicyclic) bond motifs is 8. The molecule has 0 amide bonds. The normalized spacial score (nSPS) is 21.5. The van der Waals surface area contributed by atoms with E-state index >= 15 is 0 Å². The summed E-state index contributed by atoms with van der Waals surface area (Å²) in [4.78, 5) is 0. The number of para-hydroxylation sites is 2. The first-order valence-electron chi connectivity index (χ1n) is 12.8. The number of rotatable bonds is 0. The highest BCUT2D eigenvalue weighted by Crippen LogP contribution is 2.35. The maximum absolute atomic E-state index is 7.21. The SMILES string of the molecule is Clc1cccc2c1[B@-]1(Oc3cccc4ccc[n+]1c34)c1cccc(Cl)c1[B@@-]21Oc2cccc3ccc[n+]1c23. The van der Waals surface area contributed by atoms with Crippen molar-refractivity contribution in [2.24, 2.45) is 0 Å². The molecule has 0 radical (unpaired) electrons. The molecule has 0 N–H and O–H groups in total. The van der Waals surface area contributed by atoms with Gasteiger partial charge in [0.05, 0.1) is 0 Å². The lowest BCUT2D eigenvalue weighted by Gasteiger charge is -2.47. The average molecular weight is 531 g/mol. The highest BCUT2D eigenvalue weighted by molar-refractivity contribution is 7.10. The number of benzene rings is 4. The van der Waals surface area contributed by atoms with Gasteiger partial charge in [0, 0.05) is 20.8 Å². The van der Waals surface area contributed by atoms with Crippen LogP contribution in [0.4, 0.5) is 0 Å². The summed E-state index contributed by atoms with van der Waals surface area (Å²) in [5.74, 6) is 1.66. The summed E-state index contributed by atoms with van der Waals surface area (Å²) < 4.78 is 18.8. The maximum Gasteiger partial charge on any atom is 0.510 e. The Morgan fingerprint density at radius 2 is 0.921 bits per heavy atom. The van der Waals surface area contributed by atoms with Crippen LogP contribution in [0.15, 0.2) is 109 Å². The Hall–Kier alpha value is -3.99. The van der Waals surface area contributed by atoms with E-state index in [1.807, 2.05) is 48.5 Å². The molecule has 0 saturated carbocycles. The first-order chi connectivity index (χ1) is 18.6. The largest absolute Gasteiger partial charge is 0.647 e. The van der Waals surface area contributed by atoms with Crippen LogP contribution < -0.4 is 40.1 Å². The molecule has 0 unspecified atom stereocenters. The summed E-state index contributed by atoms with van der Waals surface area (Å²) in [6.45, 7) is -4.04. The number of hydrogen-bond donors (Lipinski definition) is 0. The molecule has 0 bridgehead atoms. The Bertz CT molecular complexity index is 1890. The third-order valence-electron chi connectivity index (χ3n) is 8.80. The lowest BCUT2D eigenvalue weighted by molar-refractivity contribution is -0.518. The molecule has 38 heavy (non-hydrogen) atoms. The molecular weight excluding hydrogens is 513 g/mol. The molecule has 2 spiro atoms. The maximum atomic E-state index is 7.21. The molecule has 6 aromatic rings. The molecule has 5 heterocycles. The zero-order chi connectivity index (χ0) is 25.2. The van der Waals surface area contributed by atoms with Gasteiger partial charge in [0.1, 0.15) is 23.9 Å². The van der Waals surface area contributed by atoms with E-state index in [4.69, 9.17) is 32.5 Å². The minimum absolute atomic E-state index is 0.638. The van der Waals surface area contributed by atoms with Crippen LogP contribution in [0.5, 0.6) is 11.5 Å². The smallest absolute Gasteiger partial charge is 0.510 e. The van der Waals surface area contributed by atoms with E-state index in [1.165, 1.54) is 0 Å². The highest BCUT2D eigenvalue weighted by atomic mass is 35.5. The topological polar surface area (TPSA) is 26.2 Å². The lowest BCUT2D eigenvalue weighted by Crippen LogP contribution is -2.97. The van der Waals surface area contributed by atoms with Gasteiger partial charge in [-0.15, -0.1) is 10.9 Å². The lowest BCUT2D eigenvalue weighted by atomic mass is 9.24. The average Bonchev–Trinajstić information content (AvgIpc) is 3.45. The van der Waals surface area contributed by atoms with Crippen molar-refractivity contribution in [3.8, 4) is 11.5 Å². The minimum Gasteiger partial charge on any atom is -0.647 e. The van der Waals surface area contributed by atoms with E-state index in [1.54, 1.807) is 0 Å². The van der Waals surface area contributed by atoms with Crippen LogP contribution in [0.25, 0.3) is 21.8 Å². The molecule has 180 valence electrons. The van der Waals surface area contributed by atoms with E-state index < -0.39 is 13.0 Å². The van der Waals surface area contributed by atoms with E-state index in [0.29, 0.717) is 10.0 Å². The van der Waals surface area contributed by atoms with Crippen LogP contribution in [0.3, 0.4) is 0 Å². The van der Waals surface area contributed by atoms with Gasteiger partial charge in [0.25, 0.3) is 0 Å². The van der Waals surface area contributed by atoms with Gasteiger partial charge in [-0.3, -0.25) is 0 Å². The molecule has 4 nitrogen and oxygen atoms in total. The van der Waals surface area contributed by atoms with E-state index in [2.05, 4.69) is 69.9 Å². The van der Waals surface area contributed by atoms with Gasteiger partial charge in [-0.2, -0.15) is 0 Å². The fourth-order valence-electron chi connectivity index (χ4n) is 7.55. The van der Waals surface area contributed by atoms with Gasteiger partial charge in [0.2, 0.25) is 11.0 Å². The molecular formula is C30H18B2Cl2N2O2. The second kappa shape index (κ2) is 6.90. The zero-order valence-electron chi connectivity index (χ0n) is 20.0. The second-order valence-corrected chi connectivity index (χ2v) is 11.2. The Morgan fingerprint density at radius 3 is 1.39 bits per heavy atom. The summed E-state index contributed by atoms with van der Waals surface area (Å²) >= 11 is 14.4. The van der Waals surface area contributed by atoms with E-state index in [0.717, 1.165) is 55.2 Å². The molecule has 3 aliphatic rings. The predicted octanol–water partition coefficient (Wildman–Crippen LogP) is 3.18. The summed E-state index contributed by atoms with van der Waals surface area (Å²) in [5.41, 5.74) is 5.89. The summed E-state index contributed by atoms with van der Waals surface area (Å²) in [7, 11) is 0. The van der Waals surface area contributed by atoms with Crippen molar-refractivity contribution in [3.05, 3.63) is 120 Å². The van der Waals surface area contributed by atoms with Gasteiger partial charge < -0.3 is 18.3 Å². The monoisotopic (exact) mass is 530 g/mol. The van der Waals surface area contributed by atoms with Crippen LogP contribution in [0, 0.1) is 0 Å². The van der Waals surface area contributed by atoms with Gasteiger partial charge in [0.15, 0.2) is 0 Å². The van der Waals surface area contributed by atoms with Crippen molar-refractivity contribution in [2.45, 2.75) is 0 Å².